The molecule has 4 aromatic carbocycles. The number of rotatable bonds is 16. The van der Waals surface area contributed by atoms with Crippen molar-refractivity contribution >= 4 is 11.9 Å². The van der Waals surface area contributed by atoms with Gasteiger partial charge in [-0.2, -0.15) is 0 Å². The topological polar surface area (TPSA) is 130 Å². The van der Waals surface area contributed by atoms with Crippen molar-refractivity contribution in [1.82, 2.24) is 0 Å². The molecule has 4 aromatic rings. The highest BCUT2D eigenvalue weighted by Crippen LogP contribution is 2.56. The van der Waals surface area contributed by atoms with Gasteiger partial charge in [-0.1, -0.05) is 86.0 Å². The molecular weight excluding hydrogens is 676 g/mol. The molecule has 0 spiro atoms. The summed E-state index contributed by atoms with van der Waals surface area (Å²) in [7, 11) is 0. The Morgan fingerprint density at radius 2 is 0.906 bits per heavy atom. The van der Waals surface area contributed by atoms with E-state index in [1.54, 1.807) is 13.8 Å². The van der Waals surface area contributed by atoms with Crippen LogP contribution in [0.3, 0.4) is 0 Å². The first-order valence-electron chi connectivity index (χ1n) is 17.4. The number of esters is 2. The summed E-state index contributed by atoms with van der Waals surface area (Å²) in [6.45, 7) is 16.4. The molecule has 2 N–H and O–H groups in total. The molecular formula is C43H46O10. The lowest BCUT2D eigenvalue weighted by molar-refractivity contribution is -0.238. The predicted octanol–water partition coefficient (Wildman–Crippen LogP) is 7.18. The van der Waals surface area contributed by atoms with Crippen LogP contribution in [0.2, 0.25) is 0 Å². The van der Waals surface area contributed by atoms with Crippen molar-refractivity contribution in [3.63, 3.8) is 0 Å². The number of aliphatic hydroxyl groups is 2. The van der Waals surface area contributed by atoms with Gasteiger partial charge in [0.1, 0.15) is 23.7 Å². The molecule has 0 saturated carbocycles. The summed E-state index contributed by atoms with van der Waals surface area (Å²) in [6, 6.07) is 32.1. The molecule has 6 unspecified atom stereocenters. The lowest BCUT2D eigenvalue weighted by Gasteiger charge is -2.34. The molecule has 1 aliphatic rings. The second kappa shape index (κ2) is 16.6. The molecule has 5 rings (SSSR count). The van der Waals surface area contributed by atoms with Gasteiger partial charge in [-0.05, 0) is 99.2 Å². The van der Waals surface area contributed by atoms with Gasteiger partial charge in [0, 0.05) is 11.1 Å². The van der Waals surface area contributed by atoms with Crippen LogP contribution in [0.1, 0.15) is 63.8 Å². The number of carbonyl (C=O) groups excluding carboxylic acids is 2. The fourth-order valence-electron chi connectivity index (χ4n) is 6.30. The Morgan fingerprint density at radius 3 is 1.23 bits per heavy atom. The quantitative estimate of drug-likeness (QED) is 0.0614. The van der Waals surface area contributed by atoms with E-state index in [1.807, 2.05) is 72.8 Å². The standard InChI is InChI=1S/C43H46O10/c1-25(2)39(46)52-41(27(5)44)50-29(7)48-33-21-17-31(18-22-33)43(37-15-11-9-13-35(37)36-14-10-12-16-38(36)43)32-19-23-34(24-20-32)49-30(8)51-42(28(6)45)53-40(47)26(3)4/h9-24,27-30,41-42,44-45H,1,3H2,2,4-8H3. The molecule has 0 saturated heterocycles. The Morgan fingerprint density at radius 1 is 0.566 bits per heavy atom. The fraction of sp³-hybridized carbons (Fsp3) is 0.302. The van der Waals surface area contributed by atoms with Gasteiger partial charge in [-0.3, -0.25) is 0 Å². The molecule has 0 fully saturated rings. The number of ether oxygens (including phenoxy) is 6. The van der Waals surface area contributed by atoms with E-state index in [0.29, 0.717) is 11.5 Å². The Bertz CT molecular complexity index is 1790. The number of aliphatic hydroxyl groups excluding tert-OH is 2. The van der Waals surface area contributed by atoms with Crippen molar-refractivity contribution in [3.05, 3.63) is 144 Å². The van der Waals surface area contributed by atoms with Crippen LogP contribution < -0.4 is 9.47 Å². The van der Waals surface area contributed by atoms with Gasteiger partial charge in [0.05, 0.1) is 5.41 Å². The zero-order valence-corrected chi connectivity index (χ0v) is 30.8. The molecule has 1 aliphatic carbocycles. The van der Waals surface area contributed by atoms with Crippen LogP contribution in [0.15, 0.2) is 121 Å². The van der Waals surface area contributed by atoms with E-state index in [0.717, 1.165) is 33.4 Å². The van der Waals surface area contributed by atoms with E-state index in [4.69, 9.17) is 28.4 Å². The van der Waals surface area contributed by atoms with Gasteiger partial charge in [0.25, 0.3) is 0 Å². The summed E-state index contributed by atoms with van der Waals surface area (Å²) in [5.74, 6) is -0.338. The van der Waals surface area contributed by atoms with Crippen molar-refractivity contribution in [2.24, 2.45) is 0 Å². The van der Waals surface area contributed by atoms with E-state index >= 15 is 0 Å². The molecule has 53 heavy (non-hydrogen) atoms. The van der Waals surface area contributed by atoms with E-state index in [2.05, 4.69) is 37.4 Å². The molecule has 10 nitrogen and oxygen atoms in total. The second-order valence-corrected chi connectivity index (χ2v) is 13.1. The van der Waals surface area contributed by atoms with Crippen LogP contribution in [0.25, 0.3) is 11.1 Å². The normalized spacial score (nSPS) is 16.1. The zero-order valence-electron chi connectivity index (χ0n) is 30.8. The number of hydrogen-bond acceptors (Lipinski definition) is 10. The maximum absolute atomic E-state index is 12.1. The van der Waals surface area contributed by atoms with Gasteiger partial charge >= 0.3 is 11.9 Å². The Hall–Kier alpha value is -5.26. The summed E-state index contributed by atoms with van der Waals surface area (Å²) in [4.78, 5) is 24.1. The largest absolute Gasteiger partial charge is 0.465 e. The van der Waals surface area contributed by atoms with E-state index < -0.39 is 54.7 Å². The highest BCUT2D eigenvalue weighted by Gasteiger charge is 2.46. The molecule has 0 aliphatic heterocycles. The SMILES string of the molecule is C=C(C)C(=O)OC(OC(C)Oc1ccc(C2(c3ccc(OC(C)OC(OC(=O)C(=C)C)C(C)O)cc3)c3ccccc3-c3ccccc32)cc1)C(C)O. The maximum Gasteiger partial charge on any atom is 0.335 e. The molecule has 6 atom stereocenters. The molecule has 0 bridgehead atoms. The Labute approximate surface area is 310 Å². The van der Waals surface area contributed by atoms with Crippen LogP contribution in [0, 0.1) is 0 Å². The lowest BCUT2D eigenvalue weighted by Crippen LogP contribution is -2.36. The summed E-state index contributed by atoms with van der Waals surface area (Å²) >= 11 is 0. The molecule has 0 radical (unpaired) electrons. The maximum atomic E-state index is 12.1. The average molecular weight is 723 g/mol. The minimum absolute atomic E-state index is 0.183. The second-order valence-electron chi connectivity index (χ2n) is 13.1. The minimum atomic E-state index is -1.25. The van der Waals surface area contributed by atoms with Crippen molar-refractivity contribution in [3.8, 4) is 22.6 Å². The van der Waals surface area contributed by atoms with Crippen LogP contribution in [-0.2, 0) is 34.0 Å². The van der Waals surface area contributed by atoms with Gasteiger partial charge in [0.2, 0.25) is 25.2 Å². The Kier molecular flexibility index (Phi) is 12.2. The van der Waals surface area contributed by atoms with Crippen molar-refractivity contribution in [1.29, 1.82) is 0 Å². The van der Waals surface area contributed by atoms with E-state index in [-0.39, 0.29) is 11.1 Å². The highest BCUT2D eigenvalue weighted by molar-refractivity contribution is 5.88. The third-order valence-corrected chi connectivity index (χ3v) is 8.71. The smallest absolute Gasteiger partial charge is 0.335 e. The zero-order chi connectivity index (χ0) is 38.4. The van der Waals surface area contributed by atoms with Gasteiger partial charge < -0.3 is 38.6 Å². The summed E-state index contributed by atoms with van der Waals surface area (Å²) < 4.78 is 34.0. The van der Waals surface area contributed by atoms with E-state index in [1.165, 1.54) is 27.7 Å². The van der Waals surface area contributed by atoms with Crippen LogP contribution >= 0.6 is 0 Å². The van der Waals surface area contributed by atoms with Gasteiger partial charge in [-0.15, -0.1) is 0 Å². The van der Waals surface area contributed by atoms with Gasteiger partial charge in [0.15, 0.2) is 0 Å². The molecule has 278 valence electrons. The summed E-state index contributed by atoms with van der Waals surface area (Å²) in [5.41, 5.74) is 6.08. The third-order valence-electron chi connectivity index (χ3n) is 8.71. The molecule has 0 amide bonds. The van der Waals surface area contributed by atoms with Crippen molar-refractivity contribution < 1.29 is 48.2 Å². The first-order chi connectivity index (χ1) is 25.2. The number of benzene rings is 4. The number of carbonyl (C=O) groups is 2. The minimum Gasteiger partial charge on any atom is -0.465 e. The molecule has 10 heteroatoms. The highest BCUT2D eigenvalue weighted by atomic mass is 16.8. The van der Waals surface area contributed by atoms with Gasteiger partial charge in [-0.25, -0.2) is 9.59 Å². The van der Waals surface area contributed by atoms with Crippen molar-refractivity contribution in [2.45, 2.75) is 84.3 Å². The van der Waals surface area contributed by atoms with Crippen LogP contribution in [-0.4, -0.2) is 59.5 Å². The lowest BCUT2D eigenvalue weighted by atomic mass is 9.68. The first kappa shape index (κ1) is 39.0. The molecule has 0 aromatic heterocycles. The number of hydrogen-bond donors (Lipinski definition) is 2. The average Bonchev–Trinajstić information content (AvgIpc) is 3.42. The molecule has 0 heterocycles. The predicted molar refractivity (Wildman–Crippen MR) is 199 cm³/mol. The first-order valence-corrected chi connectivity index (χ1v) is 17.4. The van der Waals surface area contributed by atoms with E-state index in [9.17, 15) is 19.8 Å². The summed E-state index contributed by atoms with van der Waals surface area (Å²) in [5, 5.41) is 20.3. The number of fused-ring (bicyclic) bond motifs is 3. The fourth-order valence-corrected chi connectivity index (χ4v) is 6.30. The van der Waals surface area contributed by atoms with Crippen LogP contribution in [0.5, 0.6) is 11.5 Å². The monoisotopic (exact) mass is 722 g/mol. The third kappa shape index (κ3) is 8.53. The summed E-state index contributed by atoms with van der Waals surface area (Å²) in [6.07, 6.45) is -6.43. The Balaban J connectivity index is 1.44. The van der Waals surface area contributed by atoms with Crippen molar-refractivity contribution in [2.75, 3.05) is 0 Å². The van der Waals surface area contributed by atoms with Crippen LogP contribution in [0.4, 0.5) is 0 Å².